The Balaban J connectivity index is 1.31. The number of thiophene rings is 2. The number of hydrogen-bond acceptors (Lipinski definition) is 8. The Morgan fingerprint density at radius 3 is 2.87 bits per heavy atom. The molecule has 0 aliphatic heterocycles. The Morgan fingerprint density at radius 1 is 1.29 bits per heavy atom. The number of carbonyl (C=O) groups is 2. The summed E-state index contributed by atoms with van der Waals surface area (Å²) in [6.45, 7) is 0. The smallest absolute Gasteiger partial charge is 0.341 e. The lowest BCUT2D eigenvalue weighted by Gasteiger charge is -2.11. The van der Waals surface area contributed by atoms with Crippen molar-refractivity contribution in [2.24, 2.45) is 0 Å². The first-order valence-corrected chi connectivity index (χ1v) is 13.0. The normalized spacial score (nSPS) is 15.5. The maximum atomic E-state index is 12.8. The average molecular weight is 475 g/mol. The number of nitrogens with one attached hydrogen (secondary N) is 1. The van der Waals surface area contributed by atoms with E-state index < -0.39 is 0 Å². The molecular formula is C21H22N4O3S3. The van der Waals surface area contributed by atoms with Gasteiger partial charge < -0.3 is 10.1 Å². The third kappa shape index (κ3) is 4.16. The molecule has 0 aromatic carbocycles. The highest BCUT2D eigenvalue weighted by Crippen LogP contribution is 2.42. The van der Waals surface area contributed by atoms with E-state index in [1.807, 2.05) is 17.5 Å². The molecule has 1 fully saturated rings. The van der Waals surface area contributed by atoms with Gasteiger partial charge in [0.05, 0.1) is 23.3 Å². The molecule has 31 heavy (non-hydrogen) atoms. The van der Waals surface area contributed by atoms with E-state index in [4.69, 9.17) is 4.74 Å². The highest BCUT2D eigenvalue weighted by molar-refractivity contribution is 7.99. The minimum Gasteiger partial charge on any atom is -0.465 e. The second-order valence-electron chi connectivity index (χ2n) is 7.63. The van der Waals surface area contributed by atoms with Crippen molar-refractivity contribution in [1.82, 2.24) is 14.8 Å². The fraction of sp³-hybridized carbons (Fsp3) is 0.429. The van der Waals surface area contributed by atoms with Crippen LogP contribution in [0.15, 0.2) is 22.7 Å². The lowest BCUT2D eigenvalue weighted by Crippen LogP contribution is -2.17. The zero-order valence-corrected chi connectivity index (χ0v) is 19.5. The SMILES string of the molecule is COC(=O)c1c(NC(=O)CSc2nnc(-c3cccs3)n2C2CC2)sc2c1CCCC2. The van der Waals surface area contributed by atoms with Crippen molar-refractivity contribution in [3.63, 3.8) is 0 Å². The summed E-state index contributed by atoms with van der Waals surface area (Å²) in [7, 11) is 1.38. The van der Waals surface area contributed by atoms with Gasteiger partial charge >= 0.3 is 5.97 Å². The van der Waals surface area contributed by atoms with Crippen molar-refractivity contribution in [3.05, 3.63) is 33.5 Å². The van der Waals surface area contributed by atoms with Gasteiger partial charge in [-0.25, -0.2) is 4.79 Å². The third-order valence-electron chi connectivity index (χ3n) is 5.46. The van der Waals surface area contributed by atoms with E-state index in [9.17, 15) is 9.59 Å². The maximum Gasteiger partial charge on any atom is 0.341 e. The standard InChI is InChI=1S/C21H22N4O3S3/c1-28-20(27)17-13-5-2-3-6-14(13)31-19(17)22-16(26)11-30-21-24-23-18(15-7-4-10-29-15)25(21)12-8-9-12/h4,7,10,12H,2-3,5-6,8-9,11H2,1H3,(H,22,26). The Kier molecular flexibility index (Phi) is 5.85. The predicted molar refractivity (Wildman–Crippen MR) is 123 cm³/mol. The first-order valence-electron chi connectivity index (χ1n) is 10.3. The average Bonchev–Trinajstić information content (AvgIpc) is 3.18. The number of methoxy groups -OCH3 is 1. The summed E-state index contributed by atoms with van der Waals surface area (Å²) in [6, 6.07) is 4.46. The summed E-state index contributed by atoms with van der Waals surface area (Å²) in [4.78, 5) is 27.4. The number of aromatic nitrogens is 3. The zero-order valence-electron chi connectivity index (χ0n) is 17.1. The van der Waals surface area contributed by atoms with Crippen LogP contribution in [0.2, 0.25) is 0 Å². The quantitative estimate of drug-likeness (QED) is 0.391. The molecule has 5 rings (SSSR count). The van der Waals surface area contributed by atoms with E-state index in [2.05, 4.69) is 20.1 Å². The zero-order chi connectivity index (χ0) is 21.4. The number of carbonyl (C=O) groups excluding carboxylic acids is 2. The van der Waals surface area contributed by atoms with E-state index in [1.165, 1.54) is 35.1 Å². The van der Waals surface area contributed by atoms with Gasteiger partial charge in [-0.05, 0) is 55.5 Å². The van der Waals surface area contributed by atoms with E-state index in [1.54, 1.807) is 11.3 Å². The summed E-state index contributed by atoms with van der Waals surface area (Å²) in [6.07, 6.45) is 6.20. The van der Waals surface area contributed by atoms with Crippen LogP contribution in [0.25, 0.3) is 10.7 Å². The van der Waals surface area contributed by atoms with Gasteiger partial charge in [0.1, 0.15) is 5.00 Å². The predicted octanol–water partition coefficient (Wildman–Crippen LogP) is 4.80. The molecule has 10 heteroatoms. The lowest BCUT2D eigenvalue weighted by atomic mass is 9.95. The Morgan fingerprint density at radius 2 is 2.13 bits per heavy atom. The number of hydrogen-bond donors (Lipinski definition) is 1. The van der Waals surface area contributed by atoms with Crippen LogP contribution >= 0.6 is 34.4 Å². The first kappa shape index (κ1) is 20.7. The topological polar surface area (TPSA) is 86.1 Å². The highest BCUT2D eigenvalue weighted by Gasteiger charge is 2.31. The fourth-order valence-electron chi connectivity index (χ4n) is 3.88. The van der Waals surface area contributed by atoms with Crippen molar-refractivity contribution in [1.29, 1.82) is 0 Å². The van der Waals surface area contributed by atoms with Crippen LogP contribution < -0.4 is 5.32 Å². The van der Waals surface area contributed by atoms with Gasteiger partial charge in [-0.2, -0.15) is 0 Å². The Hall–Kier alpha value is -2.17. The van der Waals surface area contributed by atoms with Crippen LogP contribution in [0.1, 0.15) is 52.5 Å². The number of fused-ring (bicyclic) bond motifs is 1. The van der Waals surface area contributed by atoms with Crippen LogP contribution in [-0.4, -0.2) is 39.5 Å². The summed E-state index contributed by atoms with van der Waals surface area (Å²) in [5.74, 6) is 0.547. The number of ether oxygens (including phenoxy) is 1. The molecule has 0 saturated heterocycles. The van der Waals surface area contributed by atoms with Crippen LogP contribution in [0.3, 0.4) is 0 Å². The molecule has 0 spiro atoms. The molecule has 2 aliphatic carbocycles. The van der Waals surface area contributed by atoms with E-state index >= 15 is 0 Å². The fourth-order valence-corrected chi connectivity index (χ4v) is 6.68. The van der Waals surface area contributed by atoms with E-state index in [0.29, 0.717) is 16.6 Å². The Labute approximate surface area is 192 Å². The van der Waals surface area contributed by atoms with E-state index in [0.717, 1.165) is 59.9 Å². The molecule has 3 aromatic rings. The minimum absolute atomic E-state index is 0.156. The molecule has 162 valence electrons. The largest absolute Gasteiger partial charge is 0.465 e. The molecule has 0 atom stereocenters. The van der Waals surface area contributed by atoms with Crippen molar-refractivity contribution in [2.45, 2.75) is 49.7 Å². The number of amides is 1. The van der Waals surface area contributed by atoms with Crippen LogP contribution in [0, 0.1) is 0 Å². The van der Waals surface area contributed by atoms with Gasteiger partial charge in [0.2, 0.25) is 5.91 Å². The molecule has 7 nitrogen and oxygen atoms in total. The monoisotopic (exact) mass is 474 g/mol. The number of thioether (sulfide) groups is 1. The molecule has 3 aromatic heterocycles. The summed E-state index contributed by atoms with van der Waals surface area (Å²) >= 11 is 4.53. The van der Waals surface area contributed by atoms with Gasteiger partial charge in [0, 0.05) is 10.9 Å². The molecule has 1 saturated carbocycles. The highest BCUT2D eigenvalue weighted by atomic mass is 32.2. The molecule has 2 aliphatic rings. The van der Waals surface area contributed by atoms with Crippen molar-refractivity contribution < 1.29 is 14.3 Å². The number of anilines is 1. The maximum absolute atomic E-state index is 12.8. The number of rotatable bonds is 7. The van der Waals surface area contributed by atoms with Gasteiger partial charge in [-0.3, -0.25) is 9.36 Å². The molecule has 0 radical (unpaired) electrons. The molecule has 0 bridgehead atoms. The number of aryl methyl sites for hydroxylation is 1. The van der Waals surface area contributed by atoms with Gasteiger partial charge in [-0.1, -0.05) is 17.8 Å². The van der Waals surface area contributed by atoms with Crippen LogP contribution in [-0.2, 0) is 22.4 Å². The summed E-state index contributed by atoms with van der Waals surface area (Å²) in [5.41, 5.74) is 1.57. The second kappa shape index (κ2) is 8.76. The van der Waals surface area contributed by atoms with Crippen LogP contribution in [0.4, 0.5) is 5.00 Å². The molecular weight excluding hydrogens is 452 g/mol. The Bertz CT molecular complexity index is 1120. The molecule has 1 amide bonds. The van der Waals surface area contributed by atoms with E-state index in [-0.39, 0.29) is 17.6 Å². The van der Waals surface area contributed by atoms with Gasteiger partial charge in [0.25, 0.3) is 0 Å². The number of nitrogens with zero attached hydrogens (tertiary/aromatic N) is 3. The second-order valence-corrected chi connectivity index (χ2v) is 10.6. The first-order chi connectivity index (χ1) is 15.2. The molecule has 1 N–H and O–H groups in total. The minimum atomic E-state index is -0.378. The molecule has 3 heterocycles. The van der Waals surface area contributed by atoms with Crippen molar-refractivity contribution in [2.75, 3.05) is 18.2 Å². The van der Waals surface area contributed by atoms with Crippen molar-refractivity contribution >= 4 is 51.3 Å². The van der Waals surface area contributed by atoms with Crippen molar-refractivity contribution in [3.8, 4) is 10.7 Å². The van der Waals surface area contributed by atoms with Crippen LogP contribution in [0.5, 0.6) is 0 Å². The molecule has 0 unspecified atom stereocenters. The number of esters is 1. The third-order valence-corrected chi connectivity index (χ3v) is 8.48. The van der Waals surface area contributed by atoms with Gasteiger partial charge in [0.15, 0.2) is 11.0 Å². The summed E-state index contributed by atoms with van der Waals surface area (Å²) in [5, 5.41) is 15.1. The summed E-state index contributed by atoms with van der Waals surface area (Å²) < 4.78 is 7.15. The van der Waals surface area contributed by atoms with Gasteiger partial charge in [-0.15, -0.1) is 32.9 Å². The lowest BCUT2D eigenvalue weighted by molar-refractivity contribution is -0.113.